The molecule has 2 rings (SSSR count). The smallest absolute Gasteiger partial charge is 0.310 e. The van der Waals surface area contributed by atoms with Crippen LogP contribution in [-0.2, 0) is 20.7 Å². The maximum absolute atomic E-state index is 13.0. The van der Waals surface area contributed by atoms with Crippen LogP contribution in [0.4, 0.5) is 4.39 Å². The van der Waals surface area contributed by atoms with Crippen molar-refractivity contribution in [2.45, 2.75) is 45.1 Å². The van der Waals surface area contributed by atoms with E-state index < -0.39 is 11.8 Å². The first-order chi connectivity index (χ1) is 10.5. The number of ether oxygens (including phenoxy) is 1. The van der Waals surface area contributed by atoms with E-state index in [1.165, 1.54) is 24.6 Å². The minimum atomic E-state index is -0.530. The lowest BCUT2D eigenvalue weighted by Gasteiger charge is -2.29. The minimum Gasteiger partial charge on any atom is -0.455 e. The number of hydrogen-bond acceptors (Lipinski definition) is 3. The summed E-state index contributed by atoms with van der Waals surface area (Å²) < 4.78 is 18.0. The van der Waals surface area contributed by atoms with Gasteiger partial charge in [-0.2, -0.15) is 0 Å². The molecule has 5 heteroatoms. The van der Waals surface area contributed by atoms with Crippen LogP contribution in [0.2, 0.25) is 0 Å². The van der Waals surface area contributed by atoms with Gasteiger partial charge >= 0.3 is 5.97 Å². The topological polar surface area (TPSA) is 55.4 Å². The first-order valence-electron chi connectivity index (χ1n) is 7.74. The Labute approximate surface area is 130 Å². The van der Waals surface area contributed by atoms with Crippen molar-refractivity contribution in [3.63, 3.8) is 0 Å². The van der Waals surface area contributed by atoms with Crippen molar-refractivity contribution in [1.29, 1.82) is 0 Å². The Hall–Kier alpha value is -1.91. The summed E-state index contributed by atoms with van der Waals surface area (Å²) in [5, 5.41) is 2.92. The van der Waals surface area contributed by atoms with Gasteiger partial charge in [0.15, 0.2) is 6.61 Å². The molecule has 1 aliphatic carbocycles. The average Bonchev–Trinajstić information content (AvgIpc) is 2.48. The van der Waals surface area contributed by atoms with Crippen LogP contribution in [0.1, 0.15) is 38.2 Å². The largest absolute Gasteiger partial charge is 0.455 e. The van der Waals surface area contributed by atoms with E-state index >= 15 is 0 Å². The van der Waals surface area contributed by atoms with Gasteiger partial charge in [0, 0.05) is 6.04 Å². The lowest BCUT2D eigenvalue weighted by Crippen LogP contribution is -2.42. The molecule has 0 radical (unpaired) electrons. The normalized spacial score (nSPS) is 21.2. The first-order valence-corrected chi connectivity index (χ1v) is 7.74. The molecule has 1 fully saturated rings. The van der Waals surface area contributed by atoms with Gasteiger partial charge in [0.2, 0.25) is 0 Å². The molecule has 1 saturated carbocycles. The third kappa shape index (κ3) is 5.13. The number of halogens is 1. The van der Waals surface area contributed by atoms with Crippen molar-refractivity contribution < 1.29 is 18.7 Å². The van der Waals surface area contributed by atoms with E-state index in [0.29, 0.717) is 11.5 Å². The Kier molecular flexibility index (Phi) is 5.92. The summed E-state index contributed by atoms with van der Waals surface area (Å²) in [6.07, 6.45) is 4.38. The molecule has 1 aromatic rings. The first kappa shape index (κ1) is 16.5. The van der Waals surface area contributed by atoms with Crippen molar-refractivity contribution >= 4 is 11.9 Å². The number of carbonyl (C=O) groups excluding carboxylic acids is 2. The lowest BCUT2D eigenvalue weighted by atomic mass is 9.86. The van der Waals surface area contributed by atoms with Crippen LogP contribution in [0.5, 0.6) is 0 Å². The molecule has 0 saturated heterocycles. The summed E-state index contributed by atoms with van der Waals surface area (Å²) >= 11 is 0. The Bertz CT molecular complexity index is 532. The molecule has 1 aliphatic rings. The van der Waals surface area contributed by atoms with Crippen molar-refractivity contribution in [3.8, 4) is 0 Å². The Balaban J connectivity index is 1.72. The number of amides is 1. The number of carbonyl (C=O) groups is 2. The van der Waals surface area contributed by atoms with E-state index in [0.717, 1.165) is 19.3 Å². The van der Waals surface area contributed by atoms with Crippen LogP contribution in [-0.4, -0.2) is 24.5 Å². The molecule has 0 heterocycles. The third-order valence-corrected chi connectivity index (χ3v) is 4.06. The van der Waals surface area contributed by atoms with E-state index in [1.807, 2.05) is 0 Å². The SMILES string of the molecule is C[C@H]1CCCC[C@@H]1NC(=O)COC(=O)Cc1cccc(F)c1. The number of rotatable bonds is 5. The molecule has 0 unspecified atom stereocenters. The molecule has 22 heavy (non-hydrogen) atoms. The average molecular weight is 307 g/mol. The van der Waals surface area contributed by atoms with Crippen LogP contribution < -0.4 is 5.32 Å². The van der Waals surface area contributed by atoms with E-state index in [9.17, 15) is 14.0 Å². The van der Waals surface area contributed by atoms with E-state index in [2.05, 4.69) is 12.2 Å². The summed E-state index contributed by atoms with van der Waals surface area (Å²) in [6, 6.07) is 5.95. The van der Waals surface area contributed by atoms with E-state index in [-0.39, 0.29) is 25.0 Å². The lowest BCUT2D eigenvalue weighted by molar-refractivity contribution is -0.148. The van der Waals surface area contributed by atoms with Crippen LogP contribution in [0.15, 0.2) is 24.3 Å². The molecule has 1 aromatic carbocycles. The molecule has 0 spiro atoms. The predicted molar refractivity (Wildman–Crippen MR) is 80.6 cm³/mol. The fourth-order valence-electron chi connectivity index (χ4n) is 2.79. The van der Waals surface area contributed by atoms with Gasteiger partial charge in [-0.05, 0) is 36.5 Å². The van der Waals surface area contributed by atoms with Crippen molar-refractivity contribution in [1.82, 2.24) is 5.32 Å². The van der Waals surface area contributed by atoms with E-state index in [4.69, 9.17) is 4.74 Å². The molecular weight excluding hydrogens is 285 g/mol. The Morgan fingerprint density at radius 2 is 2.09 bits per heavy atom. The summed E-state index contributed by atoms with van der Waals surface area (Å²) in [5.41, 5.74) is 0.534. The minimum absolute atomic E-state index is 0.0368. The second-order valence-corrected chi connectivity index (χ2v) is 5.90. The quantitative estimate of drug-likeness (QED) is 0.851. The highest BCUT2D eigenvalue weighted by Crippen LogP contribution is 2.23. The maximum atomic E-state index is 13.0. The second-order valence-electron chi connectivity index (χ2n) is 5.90. The van der Waals surface area contributed by atoms with E-state index in [1.54, 1.807) is 6.07 Å². The predicted octanol–water partition coefficient (Wildman–Crippen LogP) is 2.61. The van der Waals surface area contributed by atoms with Crippen LogP contribution in [0, 0.1) is 11.7 Å². The maximum Gasteiger partial charge on any atom is 0.310 e. The molecule has 0 aliphatic heterocycles. The Morgan fingerprint density at radius 1 is 1.32 bits per heavy atom. The van der Waals surface area contributed by atoms with Gasteiger partial charge in [0.05, 0.1) is 6.42 Å². The van der Waals surface area contributed by atoms with Gasteiger partial charge in [-0.3, -0.25) is 9.59 Å². The highest BCUT2D eigenvalue weighted by atomic mass is 19.1. The standard InChI is InChI=1S/C17H22FNO3/c1-12-5-2-3-8-15(12)19-16(20)11-22-17(21)10-13-6-4-7-14(18)9-13/h4,6-7,9,12,15H,2-3,5,8,10-11H2,1H3,(H,19,20)/t12-,15-/m0/s1. The monoisotopic (exact) mass is 307 g/mol. The fraction of sp³-hybridized carbons (Fsp3) is 0.529. The summed E-state index contributed by atoms with van der Waals surface area (Å²) in [7, 11) is 0. The van der Waals surface area contributed by atoms with Crippen LogP contribution >= 0.6 is 0 Å². The number of nitrogens with one attached hydrogen (secondary N) is 1. The number of esters is 1. The van der Waals surface area contributed by atoms with Gasteiger partial charge in [0.1, 0.15) is 5.82 Å². The summed E-state index contributed by atoms with van der Waals surface area (Å²) in [6.45, 7) is 1.84. The second kappa shape index (κ2) is 7.92. The Morgan fingerprint density at radius 3 is 2.82 bits per heavy atom. The zero-order valence-electron chi connectivity index (χ0n) is 12.8. The summed E-state index contributed by atoms with van der Waals surface area (Å²) in [4.78, 5) is 23.5. The van der Waals surface area contributed by atoms with Crippen LogP contribution in [0.3, 0.4) is 0 Å². The molecule has 120 valence electrons. The highest BCUT2D eigenvalue weighted by Gasteiger charge is 2.23. The van der Waals surface area contributed by atoms with Crippen LogP contribution in [0.25, 0.3) is 0 Å². The fourth-order valence-corrected chi connectivity index (χ4v) is 2.79. The molecule has 0 aromatic heterocycles. The molecule has 2 atom stereocenters. The molecule has 1 N–H and O–H groups in total. The van der Waals surface area contributed by atoms with Gasteiger partial charge < -0.3 is 10.1 Å². The zero-order chi connectivity index (χ0) is 15.9. The molecule has 0 bridgehead atoms. The van der Waals surface area contributed by atoms with Gasteiger partial charge in [-0.1, -0.05) is 31.9 Å². The van der Waals surface area contributed by atoms with Crippen molar-refractivity contribution in [2.75, 3.05) is 6.61 Å². The molecular formula is C17H22FNO3. The van der Waals surface area contributed by atoms with Crippen molar-refractivity contribution in [2.24, 2.45) is 5.92 Å². The highest BCUT2D eigenvalue weighted by molar-refractivity contribution is 5.81. The van der Waals surface area contributed by atoms with Gasteiger partial charge in [-0.25, -0.2) is 4.39 Å². The number of benzene rings is 1. The zero-order valence-corrected chi connectivity index (χ0v) is 12.8. The molecule has 4 nitrogen and oxygen atoms in total. The van der Waals surface area contributed by atoms with Gasteiger partial charge in [0.25, 0.3) is 5.91 Å². The third-order valence-electron chi connectivity index (χ3n) is 4.06. The number of hydrogen-bond donors (Lipinski definition) is 1. The summed E-state index contributed by atoms with van der Waals surface area (Å²) in [5.74, 6) is -0.737. The molecule has 1 amide bonds. The van der Waals surface area contributed by atoms with Crippen molar-refractivity contribution in [3.05, 3.63) is 35.6 Å². The van der Waals surface area contributed by atoms with Gasteiger partial charge in [-0.15, -0.1) is 0 Å².